The Morgan fingerprint density at radius 2 is 2.11 bits per heavy atom. The first-order valence-corrected chi connectivity index (χ1v) is 7.27. The zero-order valence-electron chi connectivity index (χ0n) is 11.1. The van der Waals surface area contributed by atoms with E-state index in [1.165, 1.54) is 12.8 Å². The van der Waals surface area contributed by atoms with Crippen molar-refractivity contribution < 1.29 is 4.74 Å². The summed E-state index contributed by atoms with van der Waals surface area (Å²) in [6.45, 7) is 2.12. The Morgan fingerprint density at radius 3 is 2.84 bits per heavy atom. The van der Waals surface area contributed by atoms with Crippen molar-refractivity contribution in [3.05, 3.63) is 29.3 Å². The molecule has 1 aliphatic rings. The molecule has 0 spiro atoms. The Bertz CT molecular complexity index is 423. The van der Waals surface area contributed by atoms with E-state index in [9.17, 15) is 0 Å². The predicted molar refractivity (Wildman–Crippen MR) is 79.4 cm³/mol. The van der Waals surface area contributed by atoms with Gasteiger partial charge in [0.25, 0.3) is 0 Å². The van der Waals surface area contributed by atoms with Gasteiger partial charge in [0.05, 0.1) is 0 Å². The van der Waals surface area contributed by atoms with E-state index < -0.39 is 0 Å². The van der Waals surface area contributed by atoms with Crippen LogP contribution in [0.25, 0.3) is 0 Å². The standard InChI is InChI=1S/C16H20ClNO/c1-2-3-5-12-18-13-6-4-7-16(18)19-15-10-8-14(17)9-11-15/h1,8-11,16H,3-7,12-13H2. The number of nitrogens with zero attached hydrogens (tertiary/aromatic N) is 1. The van der Waals surface area contributed by atoms with Crippen molar-refractivity contribution in [2.75, 3.05) is 13.1 Å². The molecule has 0 bridgehead atoms. The number of piperidine rings is 1. The van der Waals surface area contributed by atoms with Crippen LogP contribution in [0.3, 0.4) is 0 Å². The maximum atomic E-state index is 6.07. The van der Waals surface area contributed by atoms with Crippen molar-refractivity contribution in [3.8, 4) is 18.1 Å². The predicted octanol–water partition coefficient (Wildman–Crippen LogP) is 3.94. The highest BCUT2D eigenvalue weighted by atomic mass is 35.5. The molecule has 1 aromatic rings. The molecule has 1 aromatic carbocycles. The minimum absolute atomic E-state index is 0.174. The molecule has 102 valence electrons. The van der Waals surface area contributed by atoms with Gasteiger partial charge in [-0.2, -0.15) is 0 Å². The number of unbranched alkanes of at least 4 members (excludes halogenated alkanes) is 1. The first-order valence-electron chi connectivity index (χ1n) is 6.89. The highest BCUT2D eigenvalue weighted by Crippen LogP contribution is 2.23. The van der Waals surface area contributed by atoms with Gasteiger partial charge in [0, 0.05) is 24.5 Å². The van der Waals surface area contributed by atoms with Crippen LogP contribution in [0.15, 0.2) is 24.3 Å². The molecule has 0 saturated carbocycles. The van der Waals surface area contributed by atoms with Crippen LogP contribution >= 0.6 is 11.6 Å². The van der Waals surface area contributed by atoms with E-state index in [1.54, 1.807) is 0 Å². The smallest absolute Gasteiger partial charge is 0.152 e. The third kappa shape index (κ3) is 4.45. The van der Waals surface area contributed by atoms with Gasteiger partial charge in [-0.1, -0.05) is 11.6 Å². The van der Waals surface area contributed by atoms with Crippen LogP contribution in [0, 0.1) is 12.3 Å². The number of hydrogen-bond acceptors (Lipinski definition) is 2. The van der Waals surface area contributed by atoms with Crippen LogP contribution in [-0.2, 0) is 0 Å². The minimum Gasteiger partial charge on any atom is -0.475 e. The highest BCUT2D eigenvalue weighted by molar-refractivity contribution is 6.30. The maximum absolute atomic E-state index is 6.07. The fourth-order valence-electron chi connectivity index (χ4n) is 2.40. The molecular formula is C16H20ClNO. The summed E-state index contributed by atoms with van der Waals surface area (Å²) in [5, 5.41) is 0.738. The SMILES string of the molecule is C#CCCCN1CCCCC1Oc1ccc(Cl)cc1. The lowest BCUT2D eigenvalue weighted by atomic mass is 10.1. The average Bonchev–Trinajstić information content (AvgIpc) is 2.43. The van der Waals surface area contributed by atoms with Gasteiger partial charge >= 0.3 is 0 Å². The fraction of sp³-hybridized carbons (Fsp3) is 0.500. The largest absolute Gasteiger partial charge is 0.475 e. The van der Waals surface area contributed by atoms with Crippen LogP contribution in [0.4, 0.5) is 0 Å². The third-order valence-corrected chi connectivity index (χ3v) is 3.66. The Kier molecular flexibility index (Phi) is 5.57. The molecule has 19 heavy (non-hydrogen) atoms. The maximum Gasteiger partial charge on any atom is 0.152 e. The minimum atomic E-state index is 0.174. The quantitative estimate of drug-likeness (QED) is 0.597. The first kappa shape index (κ1) is 14.2. The van der Waals surface area contributed by atoms with Crippen LogP contribution < -0.4 is 4.74 Å². The second-order valence-electron chi connectivity index (χ2n) is 4.87. The fourth-order valence-corrected chi connectivity index (χ4v) is 2.53. The molecule has 1 heterocycles. The molecule has 1 atom stereocenters. The zero-order chi connectivity index (χ0) is 13.5. The number of hydrogen-bond donors (Lipinski definition) is 0. The number of likely N-dealkylation sites (tertiary alicyclic amines) is 1. The lowest BCUT2D eigenvalue weighted by Gasteiger charge is -2.35. The van der Waals surface area contributed by atoms with Crippen LogP contribution in [-0.4, -0.2) is 24.2 Å². The lowest BCUT2D eigenvalue weighted by molar-refractivity contribution is -0.00413. The van der Waals surface area contributed by atoms with E-state index in [0.29, 0.717) is 0 Å². The molecule has 0 N–H and O–H groups in total. The molecule has 2 nitrogen and oxygen atoms in total. The van der Waals surface area contributed by atoms with Crippen molar-refractivity contribution in [2.45, 2.75) is 38.3 Å². The monoisotopic (exact) mass is 277 g/mol. The van der Waals surface area contributed by atoms with E-state index >= 15 is 0 Å². The van der Waals surface area contributed by atoms with E-state index in [1.807, 2.05) is 24.3 Å². The van der Waals surface area contributed by atoms with Crippen LogP contribution in [0.1, 0.15) is 32.1 Å². The number of terminal acetylenes is 1. The zero-order valence-corrected chi connectivity index (χ0v) is 11.9. The summed E-state index contributed by atoms with van der Waals surface area (Å²) in [5.41, 5.74) is 0. The summed E-state index contributed by atoms with van der Waals surface area (Å²) in [4.78, 5) is 2.40. The van der Waals surface area contributed by atoms with Gasteiger partial charge in [0.15, 0.2) is 6.23 Å². The summed E-state index contributed by atoms with van der Waals surface area (Å²) in [5.74, 6) is 3.58. The summed E-state index contributed by atoms with van der Waals surface area (Å²) in [7, 11) is 0. The first-order chi connectivity index (χ1) is 9.29. The molecule has 0 amide bonds. The van der Waals surface area contributed by atoms with Crippen molar-refractivity contribution in [2.24, 2.45) is 0 Å². The van der Waals surface area contributed by atoms with Gasteiger partial charge in [-0.05, 0) is 49.9 Å². The highest BCUT2D eigenvalue weighted by Gasteiger charge is 2.23. The number of ether oxygens (including phenoxy) is 1. The van der Waals surface area contributed by atoms with Crippen LogP contribution in [0.5, 0.6) is 5.75 Å². The molecular weight excluding hydrogens is 258 g/mol. The van der Waals surface area contributed by atoms with E-state index in [4.69, 9.17) is 22.8 Å². The Hall–Kier alpha value is -1.17. The molecule has 1 fully saturated rings. The molecule has 2 rings (SSSR count). The Labute approximate surface area is 120 Å². The van der Waals surface area contributed by atoms with Gasteiger partial charge in [-0.25, -0.2) is 0 Å². The van der Waals surface area contributed by atoms with E-state index in [2.05, 4.69) is 10.8 Å². The molecule has 0 aromatic heterocycles. The third-order valence-electron chi connectivity index (χ3n) is 3.41. The molecule has 0 radical (unpaired) electrons. The molecule has 1 unspecified atom stereocenters. The lowest BCUT2D eigenvalue weighted by Crippen LogP contribution is -2.43. The topological polar surface area (TPSA) is 12.5 Å². The van der Waals surface area contributed by atoms with Gasteiger partial charge in [0.2, 0.25) is 0 Å². The van der Waals surface area contributed by atoms with Gasteiger partial charge in [-0.3, -0.25) is 4.90 Å². The van der Waals surface area contributed by atoms with Gasteiger partial charge in [0.1, 0.15) is 5.75 Å². The van der Waals surface area contributed by atoms with Crippen molar-refractivity contribution >= 4 is 11.6 Å². The summed E-state index contributed by atoms with van der Waals surface area (Å²) < 4.78 is 6.07. The molecule has 1 saturated heterocycles. The van der Waals surface area contributed by atoms with Crippen LogP contribution in [0.2, 0.25) is 5.02 Å². The van der Waals surface area contributed by atoms with Gasteiger partial charge < -0.3 is 4.74 Å². The normalized spacial score (nSPS) is 19.9. The summed E-state index contributed by atoms with van der Waals surface area (Å²) >= 11 is 5.88. The molecule has 1 aliphatic heterocycles. The second kappa shape index (κ2) is 7.43. The van der Waals surface area contributed by atoms with Crippen molar-refractivity contribution in [3.63, 3.8) is 0 Å². The average molecular weight is 278 g/mol. The van der Waals surface area contributed by atoms with Crippen molar-refractivity contribution in [1.29, 1.82) is 0 Å². The molecule has 0 aliphatic carbocycles. The molecule has 3 heteroatoms. The van der Waals surface area contributed by atoms with Crippen molar-refractivity contribution in [1.82, 2.24) is 4.90 Å². The number of halogens is 1. The second-order valence-corrected chi connectivity index (χ2v) is 5.30. The number of benzene rings is 1. The summed E-state index contributed by atoms with van der Waals surface area (Å²) in [6, 6.07) is 7.58. The van der Waals surface area contributed by atoms with E-state index in [0.717, 1.165) is 43.1 Å². The van der Waals surface area contributed by atoms with Gasteiger partial charge in [-0.15, -0.1) is 12.3 Å². The van der Waals surface area contributed by atoms with E-state index in [-0.39, 0.29) is 6.23 Å². The Balaban J connectivity index is 1.91. The number of rotatable bonds is 5. The summed E-state index contributed by atoms with van der Waals surface area (Å²) in [6.07, 6.45) is 10.9. The Morgan fingerprint density at radius 1 is 1.32 bits per heavy atom.